The molecule has 33 heavy (non-hydrogen) atoms. The van der Waals surface area contributed by atoms with Crippen molar-refractivity contribution in [3.05, 3.63) is 107 Å². The van der Waals surface area contributed by atoms with Crippen molar-refractivity contribution >= 4 is 6.09 Å². The number of ether oxygens (including phenoxy) is 3. The third-order valence-electron chi connectivity index (χ3n) is 5.06. The molecule has 0 fully saturated rings. The summed E-state index contributed by atoms with van der Waals surface area (Å²) in [7, 11) is 1.43. The minimum absolute atomic E-state index is 0.0177. The van der Waals surface area contributed by atoms with Crippen molar-refractivity contribution in [2.45, 2.75) is 18.2 Å². The zero-order chi connectivity index (χ0) is 23.7. The lowest BCUT2D eigenvalue weighted by molar-refractivity contribution is -0.0671. The van der Waals surface area contributed by atoms with Crippen LogP contribution in [0, 0.1) is 11.6 Å². The predicted octanol–water partition coefficient (Wildman–Crippen LogP) is 4.12. The van der Waals surface area contributed by atoms with E-state index in [2.05, 4.69) is 5.32 Å². The first-order valence-electron chi connectivity index (χ1n) is 10.2. The Morgan fingerprint density at radius 3 is 2.00 bits per heavy atom. The molecule has 0 aliphatic carbocycles. The fourth-order valence-corrected chi connectivity index (χ4v) is 3.40. The Morgan fingerprint density at radius 1 is 0.939 bits per heavy atom. The molecule has 3 rings (SSSR count). The summed E-state index contributed by atoms with van der Waals surface area (Å²) >= 11 is 0. The summed E-state index contributed by atoms with van der Waals surface area (Å²) in [6, 6.07) is 18.3. The second-order valence-corrected chi connectivity index (χ2v) is 7.32. The first kappa shape index (κ1) is 24.3. The zero-order valence-corrected chi connectivity index (χ0v) is 18.0. The van der Waals surface area contributed by atoms with Gasteiger partial charge in [-0.15, -0.1) is 0 Å². The highest BCUT2D eigenvalue weighted by molar-refractivity contribution is 5.68. The average molecular weight is 457 g/mol. The quantitative estimate of drug-likeness (QED) is 0.354. The number of benzene rings is 3. The van der Waals surface area contributed by atoms with Gasteiger partial charge in [0.2, 0.25) is 0 Å². The number of rotatable bonds is 10. The molecule has 0 aliphatic heterocycles. The number of nitrogens with one attached hydrogen (secondary N) is 1. The van der Waals surface area contributed by atoms with E-state index in [9.17, 15) is 18.7 Å². The van der Waals surface area contributed by atoms with Crippen molar-refractivity contribution in [2.24, 2.45) is 0 Å². The van der Waals surface area contributed by atoms with Crippen LogP contribution in [-0.2, 0) is 26.4 Å². The first-order chi connectivity index (χ1) is 15.9. The zero-order valence-electron chi connectivity index (χ0n) is 18.0. The Labute approximate surface area is 190 Å². The van der Waals surface area contributed by atoms with Gasteiger partial charge in [0.25, 0.3) is 0 Å². The largest absolute Gasteiger partial charge is 0.445 e. The SMILES string of the molecule is COCOC[C@H](NC(=O)OCc1ccccc1)C(O)(c1ccc(F)cc1)c1ccc(F)cc1. The molecule has 6 nitrogen and oxygen atoms in total. The van der Waals surface area contributed by atoms with Gasteiger partial charge in [-0.3, -0.25) is 0 Å². The van der Waals surface area contributed by atoms with E-state index in [1.807, 2.05) is 18.2 Å². The second kappa shape index (κ2) is 11.5. The minimum atomic E-state index is -1.90. The van der Waals surface area contributed by atoms with Crippen LogP contribution in [0.1, 0.15) is 16.7 Å². The third-order valence-corrected chi connectivity index (χ3v) is 5.06. The lowest BCUT2D eigenvalue weighted by Crippen LogP contribution is -2.54. The lowest BCUT2D eigenvalue weighted by Gasteiger charge is -2.37. The van der Waals surface area contributed by atoms with E-state index in [0.717, 1.165) is 5.56 Å². The van der Waals surface area contributed by atoms with Gasteiger partial charge < -0.3 is 24.6 Å². The Balaban J connectivity index is 1.92. The van der Waals surface area contributed by atoms with Gasteiger partial charge in [0.1, 0.15) is 30.6 Å². The van der Waals surface area contributed by atoms with Crippen molar-refractivity contribution < 1.29 is 32.9 Å². The van der Waals surface area contributed by atoms with E-state index in [1.54, 1.807) is 12.1 Å². The summed E-state index contributed by atoms with van der Waals surface area (Å²) in [5.74, 6) is -0.995. The standard InChI is InChI=1S/C25H25F2NO5/c1-31-17-32-16-23(28-24(29)33-15-18-5-3-2-4-6-18)25(30,19-7-11-21(26)12-8-19)20-9-13-22(27)14-10-20/h2-14,23,30H,15-17H2,1H3,(H,28,29)/t23-/m0/s1. The first-order valence-corrected chi connectivity index (χ1v) is 10.2. The molecule has 2 N–H and O–H groups in total. The number of amides is 1. The average Bonchev–Trinajstić information content (AvgIpc) is 2.83. The molecule has 0 saturated carbocycles. The fraction of sp³-hybridized carbons (Fsp3) is 0.240. The molecule has 8 heteroatoms. The maximum atomic E-state index is 13.6. The second-order valence-electron chi connectivity index (χ2n) is 7.32. The van der Waals surface area contributed by atoms with Crippen LogP contribution in [0.5, 0.6) is 0 Å². The van der Waals surface area contributed by atoms with Gasteiger partial charge >= 0.3 is 6.09 Å². The number of alkyl carbamates (subject to hydrolysis) is 1. The fourth-order valence-electron chi connectivity index (χ4n) is 3.40. The van der Waals surface area contributed by atoms with Crippen LogP contribution >= 0.6 is 0 Å². The van der Waals surface area contributed by atoms with Crippen molar-refractivity contribution in [2.75, 3.05) is 20.5 Å². The molecule has 1 atom stereocenters. The minimum Gasteiger partial charge on any atom is -0.445 e. The highest BCUT2D eigenvalue weighted by Crippen LogP contribution is 2.34. The molecule has 0 bridgehead atoms. The van der Waals surface area contributed by atoms with Crippen molar-refractivity contribution in [1.82, 2.24) is 5.32 Å². The van der Waals surface area contributed by atoms with Gasteiger partial charge in [0, 0.05) is 7.11 Å². The van der Waals surface area contributed by atoms with Crippen molar-refractivity contribution in [3.8, 4) is 0 Å². The monoisotopic (exact) mass is 457 g/mol. The number of hydrogen-bond donors (Lipinski definition) is 2. The van der Waals surface area contributed by atoms with Crippen LogP contribution in [0.15, 0.2) is 78.9 Å². The van der Waals surface area contributed by atoms with Gasteiger partial charge in [-0.2, -0.15) is 0 Å². The van der Waals surface area contributed by atoms with E-state index in [0.29, 0.717) is 0 Å². The Kier molecular flexibility index (Phi) is 8.48. The molecule has 0 radical (unpaired) electrons. The highest BCUT2D eigenvalue weighted by Gasteiger charge is 2.42. The van der Waals surface area contributed by atoms with Gasteiger partial charge in [-0.1, -0.05) is 54.6 Å². The van der Waals surface area contributed by atoms with E-state index in [-0.39, 0.29) is 31.1 Å². The normalized spacial score (nSPS) is 12.2. The Morgan fingerprint density at radius 2 is 1.48 bits per heavy atom. The third kappa shape index (κ3) is 6.35. The van der Waals surface area contributed by atoms with Gasteiger partial charge in [0.05, 0.1) is 12.6 Å². The summed E-state index contributed by atoms with van der Waals surface area (Å²) in [5.41, 5.74) is -0.581. The molecule has 0 unspecified atom stereocenters. The molecule has 0 aromatic heterocycles. The van der Waals surface area contributed by atoms with Crippen LogP contribution in [0.25, 0.3) is 0 Å². The highest BCUT2D eigenvalue weighted by atomic mass is 19.1. The molecule has 0 saturated heterocycles. The van der Waals surface area contributed by atoms with Crippen LogP contribution in [0.4, 0.5) is 13.6 Å². The van der Waals surface area contributed by atoms with E-state index >= 15 is 0 Å². The summed E-state index contributed by atoms with van der Waals surface area (Å²) in [6.45, 7) is -0.260. The number of carbonyl (C=O) groups excluding carboxylic acids is 1. The number of carbonyl (C=O) groups is 1. The molecule has 0 aliphatic rings. The van der Waals surface area contributed by atoms with E-state index < -0.39 is 29.4 Å². The molecule has 174 valence electrons. The number of aliphatic hydroxyl groups is 1. The van der Waals surface area contributed by atoms with Crippen LogP contribution in [0.2, 0.25) is 0 Å². The van der Waals surface area contributed by atoms with Crippen LogP contribution in [0.3, 0.4) is 0 Å². The van der Waals surface area contributed by atoms with Crippen LogP contribution < -0.4 is 5.32 Å². The Hall–Kier alpha value is -3.33. The maximum Gasteiger partial charge on any atom is 0.407 e. The number of hydrogen-bond acceptors (Lipinski definition) is 5. The molecule has 1 amide bonds. The summed E-state index contributed by atoms with van der Waals surface area (Å²) in [5, 5.41) is 14.5. The van der Waals surface area contributed by atoms with Gasteiger partial charge in [-0.05, 0) is 41.0 Å². The van der Waals surface area contributed by atoms with Crippen molar-refractivity contribution in [3.63, 3.8) is 0 Å². The Bertz CT molecular complexity index is 968. The van der Waals surface area contributed by atoms with Crippen molar-refractivity contribution in [1.29, 1.82) is 0 Å². The molecule has 3 aromatic rings. The molecule has 3 aromatic carbocycles. The molecule has 0 spiro atoms. The summed E-state index contributed by atoms with van der Waals surface area (Å²) in [6.07, 6.45) is -0.799. The molecule has 0 heterocycles. The van der Waals surface area contributed by atoms with E-state index in [4.69, 9.17) is 14.2 Å². The van der Waals surface area contributed by atoms with Crippen LogP contribution in [-0.4, -0.2) is 37.8 Å². The van der Waals surface area contributed by atoms with Gasteiger partial charge in [-0.25, -0.2) is 13.6 Å². The van der Waals surface area contributed by atoms with E-state index in [1.165, 1.54) is 55.6 Å². The smallest absolute Gasteiger partial charge is 0.407 e. The maximum absolute atomic E-state index is 13.6. The molecular formula is C25H25F2NO5. The summed E-state index contributed by atoms with van der Waals surface area (Å²) < 4.78 is 42.8. The predicted molar refractivity (Wildman–Crippen MR) is 117 cm³/mol. The lowest BCUT2D eigenvalue weighted by atomic mass is 9.80. The molecular weight excluding hydrogens is 432 g/mol. The summed E-state index contributed by atoms with van der Waals surface area (Å²) in [4.78, 5) is 12.6. The topological polar surface area (TPSA) is 77.0 Å². The number of halogens is 2. The number of methoxy groups -OCH3 is 1. The van der Waals surface area contributed by atoms with Gasteiger partial charge in [0.15, 0.2) is 0 Å².